The summed E-state index contributed by atoms with van der Waals surface area (Å²) in [6.07, 6.45) is 2.50. The number of aryl methyl sites for hydroxylation is 1. The fourth-order valence-electron chi connectivity index (χ4n) is 4.44. The van der Waals surface area contributed by atoms with E-state index in [1.807, 2.05) is 72.5 Å². The molecule has 0 bridgehead atoms. The van der Waals surface area contributed by atoms with Gasteiger partial charge in [-0.05, 0) is 79.8 Å². The number of benzene rings is 3. The van der Waals surface area contributed by atoms with Gasteiger partial charge in [-0.3, -0.25) is 4.79 Å². The molecule has 3 aromatic carbocycles. The Balaban J connectivity index is 1.21. The molecule has 8 heteroatoms. The van der Waals surface area contributed by atoms with E-state index in [-0.39, 0.29) is 5.91 Å². The minimum absolute atomic E-state index is 0.0341. The molecule has 1 aliphatic carbocycles. The molecule has 2 aliphatic rings. The Labute approximate surface area is 221 Å². The zero-order valence-corrected chi connectivity index (χ0v) is 22.1. The van der Waals surface area contributed by atoms with Crippen molar-refractivity contribution in [1.82, 2.24) is 4.90 Å². The number of amides is 1. The van der Waals surface area contributed by atoms with Crippen molar-refractivity contribution in [3.05, 3.63) is 77.9 Å². The summed E-state index contributed by atoms with van der Waals surface area (Å²) in [7, 11) is 0.173. The predicted octanol–water partition coefficient (Wildman–Crippen LogP) is 4.89. The zero-order chi connectivity index (χ0) is 25.8. The minimum atomic E-state index is -1.50. The zero-order valence-electron chi connectivity index (χ0n) is 21.3. The lowest BCUT2D eigenvalue weighted by atomic mass is 10.1. The number of nitrogens with one attached hydrogen (secondary N) is 1. The molecule has 0 spiro atoms. The van der Waals surface area contributed by atoms with Crippen LogP contribution < -0.4 is 19.1 Å². The van der Waals surface area contributed by atoms with Crippen LogP contribution in [-0.4, -0.2) is 54.9 Å². The molecule has 0 radical (unpaired) electrons. The highest BCUT2D eigenvalue weighted by atomic mass is 32.2. The second-order valence-corrected chi connectivity index (χ2v) is 10.8. The van der Waals surface area contributed by atoms with Gasteiger partial charge in [-0.25, -0.2) is 4.21 Å². The number of para-hydroxylation sites is 2. The number of ether oxygens (including phenoxy) is 2. The Bertz CT molecular complexity index is 1270. The highest BCUT2D eigenvalue weighted by Crippen LogP contribution is 2.30. The average Bonchev–Trinajstić information content (AvgIpc) is 3.77. The molecule has 2 fully saturated rings. The Morgan fingerprint density at radius 2 is 1.73 bits per heavy atom. The Morgan fingerprint density at radius 1 is 1.00 bits per heavy atom. The Kier molecular flexibility index (Phi) is 7.65. The molecule has 1 aliphatic heterocycles. The van der Waals surface area contributed by atoms with Gasteiger partial charge in [-0.2, -0.15) is 0 Å². The van der Waals surface area contributed by atoms with Crippen LogP contribution in [0.4, 0.5) is 11.4 Å². The van der Waals surface area contributed by atoms with E-state index in [9.17, 15) is 9.00 Å². The number of methoxy groups -OCH3 is 1. The van der Waals surface area contributed by atoms with Gasteiger partial charge in [0.15, 0.2) is 0 Å². The molecule has 3 aromatic rings. The first-order valence-electron chi connectivity index (χ1n) is 12.7. The van der Waals surface area contributed by atoms with Gasteiger partial charge < -0.3 is 24.0 Å². The third kappa shape index (κ3) is 6.07. The number of carbonyl (C=O) groups is 1. The Hall–Kier alpha value is -3.52. The Morgan fingerprint density at radius 3 is 2.43 bits per heavy atom. The van der Waals surface area contributed by atoms with Gasteiger partial charge in [0.2, 0.25) is 0 Å². The number of piperazine rings is 1. The van der Waals surface area contributed by atoms with Crippen molar-refractivity contribution in [1.29, 1.82) is 0 Å². The molecular formula is C29H33N3O4S. The van der Waals surface area contributed by atoms with Crippen molar-refractivity contribution in [3.63, 3.8) is 0 Å². The second kappa shape index (κ2) is 11.3. The first-order chi connectivity index (χ1) is 18.0. The van der Waals surface area contributed by atoms with E-state index in [4.69, 9.17) is 9.47 Å². The average molecular weight is 520 g/mol. The van der Waals surface area contributed by atoms with Gasteiger partial charge in [0.05, 0.1) is 24.3 Å². The highest BCUT2D eigenvalue weighted by molar-refractivity contribution is 7.86. The summed E-state index contributed by atoms with van der Waals surface area (Å²) in [4.78, 5) is 18.1. The molecule has 5 rings (SSSR count). The molecule has 0 aromatic heterocycles. The van der Waals surface area contributed by atoms with E-state index in [1.54, 1.807) is 13.2 Å². The summed E-state index contributed by atoms with van der Waals surface area (Å²) in [6.45, 7) is 5.33. The summed E-state index contributed by atoms with van der Waals surface area (Å²) >= 11 is 0. The monoisotopic (exact) mass is 519 g/mol. The van der Waals surface area contributed by atoms with Crippen molar-refractivity contribution < 1.29 is 18.5 Å². The van der Waals surface area contributed by atoms with Gasteiger partial charge in [-0.15, -0.1) is 0 Å². The molecule has 37 heavy (non-hydrogen) atoms. The van der Waals surface area contributed by atoms with E-state index >= 15 is 0 Å². The van der Waals surface area contributed by atoms with Gasteiger partial charge >= 0.3 is 0 Å². The molecule has 1 atom stereocenters. The number of nitrogens with zero attached hydrogens (tertiary/aromatic N) is 2. The van der Waals surface area contributed by atoms with E-state index in [2.05, 4.69) is 9.62 Å². The second-order valence-electron chi connectivity index (χ2n) is 9.58. The highest BCUT2D eigenvalue weighted by Gasteiger charge is 2.25. The maximum Gasteiger partial charge on any atom is 0.254 e. The van der Waals surface area contributed by atoms with E-state index in [0.29, 0.717) is 29.5 Å². The fourth-order valence-corrected chi connectivity index (χ4v) is 5.33. The maximum atomic E-state index is 13.4. The van der Waals surface area contributed by atoms with Crippen molar-refractivity contribution in [3.8, 4) is 11.5 Å². The van der Waals surface area contributed by atoms with Gasteiger partial charge in [0.1, 0.15) is 22.5 Å². The molecule has 194 valence electrons. The van der Waals surface area contributed by atoms with Crippen molar-refractivity contribution in [2.24, 2.45) is 5.92 Å². The van der Waals surface area contributed by atoms with Gasteiger partial charge in [0, 0.05) is 37.4 Å². The van der Waals surface area contributed by atoms with Crippen LogP contribution in [0.15, 0.2) is 71.6 Å². The third-order valence-electron chi connectivity index (χ3n) is 6.89. The third-order valence-corrected chi connectivity index (χ3v) is 8.00. The van der Waals surface area contributed by atoms with Crippen LogP contribution in [0.3, 0.4) is 0 Å². The summed E-state index contributed by atoms with van der Waals surface area (Å²) in [5.41, 5.74) is 3.23. The van der Waals surface area contributed by atoms with E-state index in [0.717, 1.165) is 48.1 Å². The predicted molar refractivity (Wildman–Crippen MR) is 147 cm³/mol. The van der Waals surface area contributed by atoms with Crippen LogP contribution in [0.25, 0.3) is 0 Å². The van der Waals surface area contributed by atoms with Crippen molar-refractivity contribution in [2.45, 2.75) is 24.7 Å². The topological polar surface area (TPSA) is 71.1 Å². The summed E-state index contributed by atoms with van der Waals surface area (Å²) in [5.74, 6) is 2.31. The van der Waals surface area contributed by atoms with Crippen LogP contribution in [-0.2, 0) is 11.0 Å². The van der Waals surface area contributed by atoms with Crippen LogP contribution in [0.5, 0.6) is 11.5 Å². The molecular weight excluding hydrogens is 486 g/mol. The summed E-state index contributed by atoms with van der Waals surface area (Å²) in [5, 5.41) is 0. The molecule has 1 unspecified atom stereocenters. The summed E-state index contributed by atoms with van der Waals surface area (Å²) in [6, 6.07) is 20.9. The largest absolute Gasteiger partial charge is 0.495 e. The van der Waals surface area contributed by atoms with Crippen LogP contribution in [0, 0.1) is 12.8 Å². The number of rotatable bonds is 9. The smallest absolute Gasteiger partial charge is 0.254 e. The fraction of sp³-hybridized carbons (Fsp3) is 0.345. The van der Waals surface area contributed by atoms with Crippen LogP contribution in [0.2, 0.25) is 0 Å². The lowest BCUT2D eigenvalue weighted by Gasteiger charge is -2.36. The molecule has 1 heterocycles. The minimum Gasteiger partial charge on any atom is -0.495 e. The molecule has 7 nitrogen and oxygen atoms in total. The SMILES string of the molecule is COc1ccccc1N1CCN(C(=O)c2cc(S(=O)Nc3ccc(OCC4CC4)cc3)ccc2C)CC1. The van der Waals surface area contributed by atoms with Crippen molar-refractivity contribution >= 4 is 28.3 Å². The summed E-state index contributed by atoms with van der Waals surface area (Å²) < 4.78 is 27.4. The first-order valence-corrected chi connectivity index (χ1v) is 13.9. The number of anilines is 2. The first kappa shape index (κ1) is 25.1. The van der Waals surface area contributed by atoms with Crippen LogP contribution in [0.1, 0.15) is 28.8 Å². The van der Waals surface area contributed by atoms with E-state index < -0.39 is 11.0 Å². The maximum absolute atomic E-state index is 13.4. The molecule has 1 N–H and O–H groups in total. The normalized spacial score (nSPS) is 16.3. The number of hydrogen-bond donors (Lipinski definition) is 1. The number of hydrogen-bond acceptors (Lipinski definition) is 5. The van der Waals surface area contributed by atoms with Gasteiger partial charge in [-0.1, -0.05) is 18.2 Å². The van der Waals surface area contributed by atoms with Gasteiger partial charge in [0.25, 0.3) is 5.91 Å². The lowest BCUT2D eigenvalue weighted by molar-refractivity contribution is 0.0745. The lowest BCUT2D eigenvalue weighted by Crippen LogP contribution is -2.49. The number of carbonyl (C=O) groups excluding carboxylic acids is 1. The molecule has 1 saturated carbocycles. The van der Waals surface area contributed by atoms with Crippen molar-refractivity contribution in [2.75, 3.05) is 49.5 Å². The van der Waals surface area contributed by atoms with E-state index in [1.165, 1.54) is 12.8 Å². The molecule has 1 amide bonds. The van der Waals surface area contributed by atoms with Crippen LogP contribution >= 0.6 is 0 Å². The standard InChI is InChI=1S/C29H33N3O4S/c1-21-7-14-25(37(34)30-23-10-12-24(13-11-23)36-20-22-8-9-22)19-26(21)29(33)32-17-15-31(16-18-32)27-5-3-4-6-28(27)35-2/h3-7,10-14,19,22,30H,8-9,15-18,20H2,1-2H3. The molecule has 1 saturated heterocycles. The quantitative estimate of drug-likeness (QED) is 0.436.